The molecule has 3 aliphatic rings. The minimum atomic E-state index is -0.404. The Hall–Kier alpha value is -2.16. The van der Waals surface area contributed by atoms with Gasteiger partial charge in [0, 0.05) is 11.8 Å². The van der Waals surface area contributed by atoms with Gasteiger partial charge in [0.05, 0.1) is 5.69 Å². The van der Waals surface area contributed by atoms with Crippen molar-refractivity contribution in [2.45, 2.75) is 5.66 Å². The maximum atomic E-state index is 4.53. The van der Waals surface area contributed by atoms with Crippen molar-refractivity contribution >= 4 is 17.7 Å². The van der Waals surface area contributed by atoms with Crippen LogP contribution in [-0.4, -0.2) is 17.7 Å². The van der Waals surface area contributed by atoms with Crippen LogP contribution in [0.5, 0.6) is 0 Å². The zero-order valence-electron chi connectivity index (χ0n) is 8.54. The monoisotopic (exact) mass is 207 g/mol. The van der Waals surface area contributed by atoms with Crippen molar-refractivity contribution in [3.8, 4) is 0 Å². The molecule has 16 heavy (non-hydrogen) atoms. The first kappa shape index (κ1) is 8.05. The highest BCUT2D eigenvalue weighted by atomic mass is 15.3. The molecule has 0 N–H and O–H groups in total. The maximum absolute atomic E-state index is 4.53. The Labute approximate surface area is 93.1 Å². The van der Waals surface area contributed by atoms with Crippen LogP contribution >= 0.6 is 0 Å². The third kappa shape index (κ3) is 0.724. The summed E-state index contributed by atoms with van der Waals surface area (Å²) in [7, 11) is 0. The Morgan fingerprint density at radius 1 is 1.12 bits per heavy atom. The largest absolute Gasteiger partial charge is 0.314 e. The first-order chi connectivity index (χ1) is 7.92. The molecule has 3 nitrogen and oxygen atoms in total. The van der Waals surface area contributed by atoms with Gasteiger partial charge in [0.15, 0.2) is 0 Å². The summed E-state index contributed by atoms with van der Waals surface area (Å²) in [4.78, 5) is 11.1. The minimum Gasteiger partial charge on any atom is -0.314 e. The van der Waals surface area contributed by atoms with Crippen LogP contribution in [0.1, 0.15) is 5.56 Å². The average molecular weight is 207 g/mol. The normalized spacial score (nSPS) is 27.8. The molecule has 0 radical (unpaired) electrons. The van der Waals surface area contributed by atoms with E-state index in [1.165, 1.54) is 11.3 Å². The van der Waals surface area contributed by atoms with Crippen LogP contribution in [0.3, 0.4) is 0 Å². The van der Waals surface area contributed by atoms with Gasteiger partial charge >= 0.3 is 0 Å². The fraction of sp³-hybridized carbons (Fsp3) is 0.0769. The molecule has 0 saturated heterocycles. The number of aliphatic imine (C=N–C) groups is 2. The summed E-state index contributed by atoms with van der Waals surface area (Å²) in [5, 5.41) is 0. The molecule has 1 unspecified atom stereocenters. The Balaban J connectivity index is 2.08. The fourth-order valence-electron chi connectivity index (χ4n) is 2.56. The summed E-state index contributed by atoms with van der Waals surface area (Å²) >= 11 is 0. The van der Waals surface area contributed by atoms with E-state index >= 15 is 0 Å². The van der Waals surface area contributed by atoms with E-state index in [0.29, 0.717) is 0 Å². The molecule has 0 fully saturated rings. The van der Waals surface area contributed by atoms with Gasteiger partial charge in [-0.05, 0) is 18.2 Å². The summed E-state index contributed by atoms with van der Waals surface area (Å²) in [6.45, 7) is 0. The van der Waals surface area contributed by atoms with Gasteiger partial charge in [0.25, 0.3) is 0 Å². The number of hydrogen-bond donors (Lipinski definition) is 0. The molecule has 1 spiro atoms. The molecule has 0 aliphatic carbocycles. The second-order valence-electron chi connectivity index (χ2n) is 4.04. The van der Waals surface area contributed by atoms with Crippen molar-refractivity contribution < 1.29 is 0 Å². The van der Waals surface area contributed by atoms with Crippen LogP contribution in [-0.2, 0) is 0 Å². The zero-order valence-corrected chi connectivity index (χ0v) is 8.54. The molecule has 3 heteroatoms. The number of anilines is 1. The highest BCUT2D eigenvalue weighted by molar-refractivity contribution is 6.23. The molecule has 0 saturated carbocycles. The summed E-state index contributed by atoms with van der Waals surface area (Å²) < 4.78 is 0. The summed E-state index contributed by atoms with van der Waals surface area (Å²) in [5.74, 6) is 0. The van der Waals surface area contributed by atoms with Crippen molar-refractivity contribution in [2.24, 2.45) is 9.98 Å². The second-order valence-corrected chi connectivity index (χ2v) is 4.04. The molecule has 1 aromatic carbocycles. The zero-order chi connectivity index (χ0) is 10.6. The average Bonchev–Trinajstić information content (AvgIpc) is 2.83. The van der Waals surface area contributed by atoms with Gasteiger partial charge in [0.2, 0.25) is 5.66 Å². The second kappa shape index (κ2) is 2.50. The summed E-state index contributed by atoms with van der Waals surface area (Å²) in [6.07, 6.45) is 9.86. The van der Waals surface area contributed by atoms with Crippen LogP contribution in [0.4, 0.5) is 5.69 Å². The van der Waals surface area contributed by atoms with Crippen LogP contribution in [0, 0.1) is 0 Å². The van der Waals surface area contributed by atoms with Gasteiger partial charge in [0.1, 0.15) is 12.1 Å². The first-order valence-electron chi connectivity index (χ1n) is 5.29. The lowest BCUT2D eigenvalue weighted by molar-refractivity contribution is 0.730. The molecule has 0 amide bonds. The smallest absolute Gasteiger partial charge is 0.200 e. The predicted octanol–water partition coefficient (Wildman–Crippen LogP) is 2.12. The molecule has 1 aromatic rings. The number of para-hydroxylation sites is 1. The van der Waals surface area contributed by atoms with E-state index in [2.05, 4.69) is 39.3 Å². The van der Waals surface area contributed by atoms with Crippen molar-refractivity contribution in [2.75, 3.05) is 4.90 Å². The number of hydrogen-bond acceptors (Lipinski definition) is 3. The van der Waals surface area contributed by atoms with E-state index in [0.717, 1.165) is 5.71 Å². The Morgan fingerprint density at radius 2 is 2.06 bits per heavy atom. The van der Waals surface area contributed by atoms with E-state index in [9.17, 15) is 0 Å². The fourth-order valence-corrected chi connectivity index (χ4v) is 2.56. The topological polar surface area (TPSA) is 28.0 Å². The van der Waals surface area contributed by atoms with E-state index in [4.69, 9.17) is 0 Å². The third-order valence-corrected chi connectivity index (χ3v) is 3.25. The summed E-state index contributed by atoms with van der Waals surface area (Å²) in [5.41, 5.74) is 2.98. The molecular formula is C13H9N3. The van der Waals surface area contributed by atoms with Gasteiger partial charge in [-0.1, -0.05) is 24.3 Å². The molecule has 3 heterocycles. The molecule has 4 rings (SSSR count). The minimum absolute atomic E-state index is 0.404. The molecule has 3 aliphatic heterocycles. The van der Waals surface area contributed by atoms with E-state index in [1.54, 1.807) is 6.34 Å². The Bertz CT molecular complexity index is 595. The molecule has 1 atom stereocenters. The lowest BCUT2D eigenvalue weighted by Gasteiger charge is -2.31. The molecular weight excluding hydrogens is 198 g/mol. The van der Waals surface area contributed by atoms with Crippen molar-refractivity contribution in [3.05, 3.63) is 54.3 Å². The predicted molar refractivity (Wildman–Crippen MR) is 65.0 cm³/mol. The lowest BCUT2D eigenvalue weighted by atomic mass is 10.0. The number of rotatable bonds is 0. The standard InChI is InChI=1S/C13H9N3/c1-2-6-11-10(5-1)12-13(15-9-14-12)7-3-4-8-16(11)13/h1-9H. The van der Waals surface area contributed by atoms with E-state index in [-0.39, 0.29) is 0 Å². The third-order valence-electron chi connectivity index (χ3n) is 3.25. The number of benzene rings is 1. The van der Waals surface area contributed by atoms with Crippen LogP contribution in [0.25, 0.3) is 0 Å². The van der Waals surface area contributed by atoms with Gasteiger partial charge in [-0.3, -0.25) is 0 Å². The number of nitrogens with zero attached hydrogens (tertiary/aromatic N) is 3. The maximum Gasteiger partial charge on any atom is 0.200 e. The van der Waals surface area contributed by atoms with Gasteiger partial charge in [-0.25, -0.2) is 9.98 Å². The van der Waals surface area contributed by atoms with E-state index < -0.39 is 5.66 Å². The molecule has 0 aromatic heterocycles. The SMILES string of the molecule is C1=CN2c3ccccc3C3=NC=NC32C=C1. The highest BCUT2D eigenvalue weighted by Crippen LogP contribution is 2.43. The van der Waals surface area contributed by atoms with Gasteiger partial charge in [-0.2, -0.15) is 0 Å². The van der Waals surface area contributed by atoms with Crippen molar-refractivity contribution in [1.82, 2.24) is 0 Å². The number of allylic oxidation sites excluding steroid dienone is 2. The van der Waals surface area contributed by atoms with Crippen molar-refractivity contribution in [3.63, 3.8) is 0 Å². The molecule has 76 valence electrons. The quantitative estimate of drug-likeness (QED) is 0.640. The lowest BCUT2D eigenvalue weighted by Crippen LogP contribution is -2.44. The summed E-state index contributed by atoms with van der Waals surface area (Å²) in [6, 6.07) is 8.30. The Kier molecular flexibility index (Phi) is 1.26. The molecule has 0 bridgehead atoms. The van der Waals surface area contributed by atoms with Crippen LogP contribution in [0.15, 0.2) is 58.7 Å². The van der Waals surface area contributed by atoms with E-state index in [1.807, 2.05) is 24.3 Å². The van der Waals surface area contributed by atoms with Crippen LogP contribution < -0.4 is 4.90 Å². The first-order valence-corrected chi connectivity index (χ1v) is 5.29. The number of fused-ring (bicyclic) bond motifs is 3. The Morgan fingerprint density at radius 3 is 3.06 bits per heavy atom. The van der Waals surface area contributed by atoms with Crippen LogP contribution in [0.2, 0.25) is 0 Å². The highest BCUT2D eigenvalue weighted by Gasteiger charge is 2.48. The van der Waals surface area contributed by atoms with Gasteiger partial charge < -0.3 is 4.90 Å². The van der Waals surface area contributed by atoms with Crippen molar-refractivity contribution in [1.29, 1.82) is 0 Å². The van der Waals surface area contributed by atoms with Gasteiger partial charge in [-0.15, -0.1) is 0 Å².